The third kappa shape index (κ3) is 3.06. The summed E-state index contributed by atoms with van der Waals surface area (Å²) in [7, 11) is 0. The number of hydrogen-bond acceptors (Lipinski definition) is 2. The van der Waals surface area contributed by atoms with E-state index in [9.17, 15) is 4.79 Å². The van der Waals surface area contributed by atoms with E-state index in [2.05, 4.69) is 5.32 Å². The van der Waals surface area contributed by atoms with Crippen molar-refractivity contribution in [3.63, 3.8) is 0 Å². The molecule has 0 aromatic heterocycles. The SMILES string of the molecule is Cc1cc(C)c(NC(=O)c2ccc(Cl)cc2)cc1N. The number of halogens is 1. The monoisotopic (exact) mass is 274 g/mol. The molecule has 0 unspecified atom stereocenters. The van der Waals surface area contributed by atoms with Crippen LogP contribution in [0.15, 0.2) is 36.4 Å². The van der Waals surface area contributed by atoms with Gasteiger partial charge in [0.2, 0.25) is 0 Å². The van der Waals surface area contributed by atoms with Crippen molar-refractivity contribution < 1.29 is 4.79 Å². The Morgan fingerprint density at radius 2 is 1.74 bits per heavy atom. The van der Waals surface area contributed by atoms with E-state index >= 15 is 0 Å². The molecule has 0 aliphatic carbocycles. The number of carbonyl (C=O) groups excluding carboxylic acids is 1. The van der Waals surface area contributed by atoms with Crippen molar-refractivity contribution >= 4 is 28.9 Å². The van der Waals surface area contributed by atoms with Gasteiger partial charge in [0.05, 0.1) is 0 Å². The minimum atomic E-state index is -0.178. The molecule has 2 aromatic rings. The Hall–Kier alpha value is -2.00. The Bertz CT molecular complexity index is 621. The number of carbonyl (C=O) groups is 1. The lowest BCUT2D eigenvalue weighted by molar-refractivity contribution is 0.102. The van der Waals surface area contributed by atoms with Crippen LogP contribution in [0.1, 0.15) is 21.5 Å². The number of aryl methyl sites for hydroxylation is 2. The van der Waals surface area contributed by atoms with Crippen LogP contribution in [0, 0.1) is 13.8 Å². The molecule has 0 saturated heterocycles. The number of anilines is 2. The standard InChI is InChI=1S/C15H15ClN2O/c1-9-7-10(2)14(8-13(9)17)18-15(19)11-3-5-12(16)6-4-11/h3-8H,17H2,1-2H3,(H,18,19). The molecule has 4 heteroatoms. The summed E-state index contributed by atoms with van der Waals surface area (Å²) in [6.45, 7) is 3.87. The number of amides is 1. The first-order valence-electron chi connectivity index (χ1n) is 5.91. The Morgan fingerprint density at radius 3 is 2.37 bits per heavy atom. The number of nitrogens with two attached hydrogens (primary N) is 1. The summed E-state index contributed by atoms with van der Waals surface area (Å²) in [6, 6.07) is 10.5. The van der Waals surface area contributed by atoms with Crippen molar-refractivity contribution in [1.29, 1.82) is 0 Å². The van der Waals surface area contributed by atoms with Crippen LogP contribution in [0.25, 0.3) is 0 Å². The third-order valence-corrected chi connectivity index (χ3v) is 3.22. The lowest BCUT2D eigenvalue weighted by atomic mass is 10.1. The van der Waals surface area contributed by atoms with Crippen molar-refractivity contribution in [2.45, 2.75) is 13.8 Å². The highest BCUT2D eigenvalue weighted by Crippen LogP contribution is 2.23. The van der Waals surface area contributed by atoms with E-state index in [0.717, 1.165) is 16.8 Å². The second kappa shape index (κ2) is 5.33. The van der Waals surface area contributed by atoms with E-state index in [-0.39, 0.29) is 5.91 Å². The van der Waals surface area contributed by atoms with Crippen molar-refractivity contribution in [3.05, 3.63) is 58.1 Å². The number of rotatable bonds is 2. The van der Waals surface area contributed by atoms with Crippen LogP contribution < -0.4 is 11.1 Å². The zero-order chi connectivity index (χ0) is 14.0. The second-order valence-electron chi connectivity index (χ2n) is 4.48. The molecule has 0 fully saturated rings. The summed E-state index contributed by atoms with van der Waals surface area (Å²) in [6.07, 6.45) is 0. The first kappa shape index (κ1) is 13.4. The molecule has 19 heavy (non-hydrogen) atoms. The fourth-order valence-electron chi connectivity index (χ4n) is 1.80. The van der Waals surface area contributed by atoms with Crippen molar-refractivity contribution in [3.8, 4) is 0 Å². The molecule has 3 N–H and O–H groups in total. The number of benzene rings is 2. The molecule has 0 spiro atoms. The molecule has 0 heterocycles. The normalized spacial score (nSPS) is 10.3. The fourth-order valence-corrected chi connectivity index (χ4v) is 1.93. The van der Waals surface area contributed by atoms with Crippen molar-refractivity contribution in [2.75, 3.05) is 11.1 Å². The van der Waals surface area contributed by atoms with Crippen molar-refractivity contribution in [2.24, 2.45) is 0 Å². The van der Waals surface area contributed by atoms with E-state index < -0.39 is 0 Å². The molecule has 0 bridgehead atoms. The molecule has 0 aliphatic rings. The molecule has 0 aliphatic heterocycles. The fraction of sp³-hybridized carbons (Fsp3) is 0.133. The van der Waals surface area contributed by atoms with Gasteiger partial charge in [-0.25, -0.2) is 0 Å². The second-order valence-corrected chi connectivity index (χ2v) is 4.92. The van der Waals surface area contributed by atoms with Gasteiger partial charge < -0.3 is 11.1 Å². The zero-order valence-corrected chi connectivity index (χ0v) is 11.6. The largest absolute Gasteiger partial charge is 0.398 e. The Morgan fingerprint density at radius 1 is 1.11 bits per heavy atom. The molecule has 2 rings (SSSR count). The van der Waals surface area contributed by atoms with E-state index in [1.54, 1.807) is 30.3 Å². The Balaban J connectivity index is 2.24. The first-order valence-corrected chi connectivity index (χ1v) is 6.29. The van der Waals surface area contributed by atoms with Crippen LogP contribution in [0.3, 0.4) is 0 Å². The quantitative estimate of drug-likeness (QED) is 0.819. The number of nitrogen functional groups attached to an aromatic ring is 1. The molecule has 1 amide bonds. The van der Waals surface area contributed by atoms with Gasteiger partial charge in [-0.05, 0) is 55.3 Å². The smallest absolute Gasteiger partial charge is 0.255 e. The summed E-state index contributed by atoms with van der Waals surface area (Å²) >= 11 is 5.79. The molecule has 2 aromatic carbocycles. The molecular weight excluding hydrogens is 260 g/mol. The third-order valence-electron chi connectivity index (χ3n) is 2.97. The highest BCUT2D eigenvalue weighted by Gasteiger charge is 2.09. The summed E-state index contributed by atoms with van der Waals surface area (Å²) in [5.41, 5.74) is 9.78. The minimum absolute atomic E-state index is 0.178. The van der Waals surface area contributed by atoms with Gasteiger partial charge in [0.15, 0.2) is 0 Å². The van der Waals surface area contributed by atoms with Crippen LogP contribution >= 0.6 is 11.6 Å². The van der Waals surface area contributed by atoms with E-state index in [1.807, 2.05) is 19.9 Å². The first-order chi connectivity index (χ1) is 8.97. The summed E-state index contributed by atoms with van der Waals surface area (Å²) in [5.74, 6) is -0.178. The lowest BCUT2D eigenvalue weighted by Crippen LogP contribution is -2.13. The van der Waals surface area contributed by atoms with Crippen LogP contribution in [-0.2, 0) is 0 Å². The molecule has 0 saturated carbocycles. The average molecular weight is 275 g/mol. The molecule has 0 atom stereocenters. The summed E-state index contributed by atoms with van der Waals surface area (Å²) in [5, 5.41) is 3.46. The van der Waals surface area contributed by atoms with Crippen LogP contribution in [0.2, 0.25) is 5.02 Å². The predicted molar refractivity (Wildman–Crippen MR) is 79.7 cm³/mol. The van der Waals surface area contributed by atoms with Gasteiger partial charge in [0, 0.05) is 22.0 Å². The van der Waals surface area contributed by atoms with Gasteiger partial charge in [0.1, 0.15) is 0 Å². The molecule has 0 radical (unpaired) electrons. The van der Waals surface area contributed by atoms with Gasteiger partial charge in [0.25, 0.3) is 5.91 Å². The topological polar surface area (TPSA) is 55.1 Å². The van der Waals surface area contributed by atoms with E-state index in [1.165, 1.54) is 0 Å². The maximum Gasteiger partial charge on any atom is 0.255 e. The van der Waals surface area contributed by atoms with Gasteiger partial charge in [-0.1, -0.05) is 17.7 Å². The zero-order valence-electron chi connectivity index (χ0n) is 10.8. The van der Waals surface area contributed by atoms with Gasteiger partial charge in [-0.2, -0.15) is 0 Å². The molecular formula is C15H15ClN2O. The molecule has 3 nitrogen and oxygen atoms in total. The highest BCUT2D eigenvalue weighted by atomic mass is 35.5. The van der Waals surface area contributed by atoms with Gasteiger partial charge >= 0.3 is 0 Å². The predicted octanol–water partition coefficient (Wildman–Crippen LogP) is 3.79. The van der Waals surface area contributed by atoms with Crippen LogP contribution in [-0.4, -0.2) is 5.91 Å². The highest BCUT2D eigenvalue weighted by molar-refractivity contribution is 6.30. The van der Waals surface area contributed by atoms with Crippen LogP contribution in [0.4, 0.5) is 11.4 Å². The van der Waals surface area contributed by atoms with Gasteiger partial charge in [-0.15, -0.1) is 0 Å². The van der Waals surface area contributed by atoms with E-state index in [0.29, 0.717) is 16.3 Å². The molecule has 98 valence electrons. The van der Waals surface area contributed by atoms with Crippen LogP contribution in [0.5, 0.6) is 0 Å². The van der Waals surface area contributed by atoms with Crippen molar-refractivity contribution in [1.82, 2.24) is 0 Å². The maximum absolute atomic E-state index is 12.1. The van der Waals surface area contributed by atoms with Gasteiger partial charge in [-0.3, -0.25) is 4.79 Å². The van der Waals surface area contributed by atoms with E-state index in [4.69, 9.17) is 17.3 Å². The minimum Gasteiger partial charge on any atom is -0.398 e. The maximum atomic E-state index is 12.1. The summed E-state index contributed by atoms with van der Waals surface area (Å²) in [4.78, 5) is 12.1. The Labute approximate surface area is 117 Å². The Kier molecular flexibility index (Phi) is 3.76. The number of hydrogen-bond donors (Lipinski definition) is 2. The summed E-state index contributed by atoms with van der Waals surface area (Å²) < 4.78 is 0. The number of nitrogens with one attached hydrogen (secondary N) is 1. The lowest BCUT2D eigenvalue weighted by Gasteiger charge is -2.11. The average Bonchev–Trinajstić information content (AvgIpc) is 2.36.